The van der Waals surface area contributed by atoms with Crippen LogP contribution >= 0.6 is 0 Å². The van der Waals surface area contributed by atoms with Crippen molar-refractivity contribution in [1.29, 1.82) is 0 Å². The summed E-state index contributed by atoms with van der Waals surface area (Å²) in [6.45, 7) is 0. The van der Waals surface area contributed by atoms with Crippen LogP contribution in [0.2, 0.25) is 0 Å². The van der Waals surface area contributed by atoms with Crippen LogP contribution in [-0.4, -0.2) is 35.8 Å². The van der Waals surface area contributed by atoms with Crippen molar-refractivity contribution in [2.24, 2.45) is 5.73 Å². The summed E-state index contributed by atoms with van der Waals surface area (Å²) in [5.41, 5.74) is 5.62. The Hall–Kier alpha value is -2.38. The van der Waals surface area contributed by atoms with Gasteiger partial charge in [-0.3, -0.25) is 14.4 Å². The Morgan fingerprint density at radius 3 is 2.67 bits per heavy atom. The van der Waals surface area contributed by atoms with Crippen molar-refractivity contribution in [2.75, 3.05) is 7.05 Å². The molecular formula is C16H24N4O4. The summed E-state index contributed by atoms with van der Waals surface area (Å²) < 4.78 is 5.50. The van der Waals surface area contributed by atoms with Gasteiger partial charge >= 0.3 is 0 Å². The molecule has 132 valence electrons. The first kappa shape index (κ1) is 18.0. The van der Waals surface area contributed by atoms with Crippen molar-refractivity contribution in [3.63, 3.8) is 0 Å². The van der Waals surface area contributed by atoms with Gasteiger partial charge in [-0.2, -0.15) is 0 Å². The van der Waals surface area contributed by atoms with E-state index < -0.39 is 23.8 Å². The molecule has 1 aliphatic rings. The van der Waals surface area contributed by atoms with Crippen LogP contribution in [0, 0.1) is 0 Å². The molecule has 0 aliphatic heterocycles. The van der Waals surface area contributed by atoms with Gasteiger partial charge in [-0.05, 0) is 12.8 Å². The average molecular weight is 336 g/mol. The molecule has 0 unspecified atom stereocenters. The van der Waals surface area contributed by atoms with Crippen LogP contribution in [0.25, 0.3) is 0 Å². The third-order valence-electron chi connectivity index (χ3n) is 4.17. The maximum absolute atomic E-state index is 12.1. The average Bonchev–Trinajstić information content (AvgIpc) is 3.02. The van der Waals surface area contributed by atoms with E-state index in [4.69, 9.17) is 10.2 Å². The lowest BCUT2D eigenvalue weighted by atomic mass is 9.89. The maximum Gasteiger partial charge on any atom is 0.242 e. The molecule has 2 rings (SSSR count). The van der Waals surface area contributed by atoms with Crippen LogP contribution in [0.15, 0.2) is 10.7 Å². The highest BCUT2D eigenvalue weighted by atomic mass is 16.3. The number of nitrogens with zero attached hydrogens (tertiary/aromatic N) is 1. The van der Waals surface area contributed by atoms with Gasteiger partial charge in [-0.25, -0.2) is 4.98 Å². The van der Waals surface area contributed by atoms with E-state index in [1.807, 2.05) is 0 Å². The van der Waals surface area contributed by atoms with Crippen LogP contribution in [0.1, 0.15) is 56.0 Å². The predicted octanol–water partition coefficient (Wildman–Crippen LogP) is 0.371. The summed E-state index contributed by atoms with van der Waals surface area (Å²) in [6.07, 6.45) is 6.92. The topological polar surface area (TPSA) is 127 Å². The summed E-state index contributed by atoms with van der Waals surface area (Å²) in [5.74, 6) is -0.537. The molecule has 0 aromatic carbocycles. The lowest BCUT2D eigenvalue weighted by Crippen LogP contribution is -2.48. The Morgan fingerprint density at radius 1 is 1.33 bits per heavy atom. The van der Waals surface area contributed by atoms with Gasteiger partial charge in [0.15, 0.2) is 5.89 Å². The minimum absolute atomic E-state index is 0.0114. The molecule has 1 aromatic heterocycles. The molecule has 1 fully saturated rings. The van der Waals surface area contributed by atoms with Gasteiger partial charge in [0, 0.05) is 13.0 Å². The van der Waals surface area contributed by atoms with E-state index in [-0.39, 0.29) is 12.8 Å². The molecule has 8 heteroatoms. The van der Waals surface area contributed by atoms with Crippen molar-refractivity contribution in [3.8, 4) is 0 Å². The Morgan fingerprint density at radius 2 is 2.04 bits per heavy atom. The fourth-order valence-corrected chi connectivity index (χ4v) is 2.94. The summed E-state index contributed by atoms with van der Waals surface area (Å²) >= 11 is 0. The number of likely N-dealkylation sites (N-methyl/N-ethyl adjacent to an activating group) is 1. The van der Waals surface area contributed by atoms with Crippen molar-refractivity contribution in [3.05, 3.63) is 17.8 Å². The molecule has 1 atom stereocenters. The Kier molecular flexibility index (Phi) is 6.34. The number of hydrogen-bond acceptors (Lipinski definition) is 5. The predicted molar refractivity (Wildman–Crippen MR) is 85.8 cm³/mol. The van der Waals surface area contributed by atoms with E-state index in [0.29, 0.717) is 17.5 Å². The highest BCUT2D eigenvalue weighted by molar-refractivity contribution is 5.91. The number of primary amides is 1. The molecule has 0 spiro atoms. The maximum atomic E-state index is 12.1. The molecule has 3 amide bonds. The number of rotatable bonds is 7. The van der Waals surface area contributed by atoms with Crippen LogP contribution < -0.4 is 16.4 Å². The van der Waals surface area contributed by atoms with E-state index in [0.717, 1.165) is 12.8 Å². The number of hydrogen-bond donors (Lipinski definition) is 3. The summed E-state index contributed by atoms with van der Waals surface area (Å²) in [6, 6.07) is -0.982. The number of nitrogens with two attached hydrogens (primary N) is 1. The van der Waals surface area contributed by atoms with E-state index >= 15 is 0 Å². The second-order valence-electron chi connectivity index (χ2n) is 6.09. The SMILES string of the molecule is CNC(=O)[C@H](CC(N)=O)NC(=O)Cc1coc(C2CCCCC2)n1. The monoisotopic (exact) mass is 336 g/mol. The van der Waals surface area contributed by atoms with Crippen molar-refractivity contribution in [1.82, 2.24) is 15.6 Å². The second kappa shape index (κ2) is 8.47. The highest BCUT2D eigenvalue weighted by Crippen LogP contribution is 2.31. The van der Waals surface area contributed by atoms with E-state index in [1.165, 1.54) is 32.6 Å². The molecule has 1 heterocycles. The van der Waals surface area contributed by atoms with Crippen LogP contribution in [0.5, 0.6) is 0 Å². The lowest BCUT2D eigenvalue weighted by molar-refractivity contribution is -0.130. The summed E-state index contributed by atoms with van der Waals surface area (Å²) in [5, 5.41) is 4.89. The molecule has 24 heavy (non-hydrogen) atoms. The van der Waals surface area contributed by atoms with E-state index in [1.54, 1.807) is 0 Å². The normalized spacial score (nSPS) is 16.4. The Bertz CT molecular complexity index is 593. The van der Waals surface area contributed by atoms with Crippen LogP contribution in [0.3, 0.4) is 0 Å². The van der Waals surface area contributed by atoms with Gasteiger partial charge in [0.1, 0.15) is 12.3 Å². The number of oxazole rings is 1. The zero-order valence-electron chi connectivity index (χ0n) is 13.8. The second-order valence-corrected chi connectivity index (χ2v) is 6.09. The van der Waals surface area contributed by atoms with Crippen molar-refractivity contribution < 1.29 is 18.8 Å². The fourth-order valence-electron chi connectivity index (χ4n) is 2.94. The van der Waals surface area contributed by atoms with Gasteiger partial charge in [-0.15, -0.1) is 0 Å². The third kappa shape index (κ3) is 5.07. The van der Waals surface area contributed by atoms with Crippen LogP contribution in [-0.2, 0) is 20.8 Å². The minimum atomic E-state index is -0.982. The smallest absolute Gasteiger partial charge is 0.242 e. The van der Waals surface area contributed by atoms with E-state index in [9.17, 15) is 14.4 Å². The summed E-state index contributed by atoms with van der Waals surface area (Å²) in [7, 11) is 1.43. The quantitative estimate of drug-likeness (QED) is 0.663. The molecular weight excluding hydrogens is 312 g/mol. The van der Waals surface area contributed by atoms with Gasteiger partial charge in [0.25, 0.3) is 0 Å². The first-order chi connectivity index (χ1) is 11.5. The number of aromatic nitrogens is 1. The summed E-state index contributed by atoms with van der Waals surface area (Å²) in [4.78, 5) is 39.2. The third-order valence-corrected chi connectivity index (χ3v) is 4.17. The van der Waals surface area contributed by atoms with Gasteiger partial charge in [0.2, 0.25) is 17.7 Å². The number of amides is 3. The lowest BCUT2D eigenvalue weighted by Gasteiger charge is -2.17. The molecule has 1 aliphatic carbocycles. The van der Waals surface area contributed by atoms with Crippen LogP contribution in [0.4, 0.5) is 0 Å². The molecule has 0 bridgehead atoms. The molecule has 0 radical (unpaired) electrons. The first-order valence-corrected chi connectivity index (χ1v) is 8.23. The Balaban J connectivity index is 1.92. The van der Waals surface area contributed by atoms with Gasteiger partial charge in [0.05, 0.1) is 18.5 Å². The highest BCUT2D eigenvalue weighted by Gasteiger charge is 2.24. The zero-order chi connectivity index (χ0) is 17.5. The minimum Gasteiger partial charge on any atom is -0.448 e. The van der Waals surface area contributed by atoms with Crippen molar-refractivity contribution >= 4 is 17.7 Å². The number of carbonyl (C=O) groups is 3. The van der Waals surface area contributed by atoms with E-state index in [2.05, 4.69) is 15.6 Å². The Labute approximate surface area is 140 Å². The largest absolute Gasteiger partial charge is 0.448 e. The molecule has 1 saturated carbocycles. The standard InChI is InChI=1S/C16H24N4O4/c1-18-15(23)12(8-13(17)21)20-14(22)7-11-9-24-16(19-11)10-5-3-2-4-6-10/h9-10,12H,2-8H2,1H3,(H2,17,21)(H,18,23)(H,20,22)/t12-/m0/s1. The molecule has 0 saturated heterocycles. The van der Waals surface area contributed by atoms with Gasteiger partial charge < -0.3 is 20.8 Å². The molecule has 1 aromatic rings. The number of carbonyl (C=O) groups excluding carboxylic acids is 3. The van der Waals surface area contributed by atoms with Gasteiger partial charge in [-0.1, -0.05) is 19.3 Å². The fraction of sp³-hybridized carbons (Fsp3) is 0.625. The number of nitrogens with one attached hydrogen (secondary N) is 2. The molecule has 4 N–H and O–H groups in total. The first-order valence-electron chi connectivity index (χ1n) is 8.23. The van der Waals surface area contributed by atoms with Crippen molar-refractivity contribution in [2.45, 2.75) is 56.9 Å². The molecule has 8 nitrogen and oxygen atoms in total. The zero-order valence-corrected chi connectivity index (χ0v) is 13.8.